The van der Waals surface area contributed by atoms with Crippen LogP contribution < -0.4 is 5.73 Å². The van der Waals surface area contributed by atoms with Gasteiger partial charge >= 0.3 is 0 Å². The molecule has 0 atom stereocenters. The molecular weight excluding hydrogens is 270 g/mol. The van der Waals surface area contributed by atoms with Crippen molar-refractivity contribution in [2.24, 2.45) is 5.73 Å². The van der Waals surface area contributed by atoms with Gasteiger partial charge in [0.05, 0.1) is 0 Å². The smallest absolute Gasteiger partial charge is 0.0405 e. The highest BCUT2D eigenvalue weighted by Crippen LogP contribution is 2.21. The van der Waals surface area contributed by atoms with Crippen molar-refractivity contribution in [3.8, 4) is 0 Å². The van der Waals surface area contributed by atoms with Crippen molar-refractivity contribution < 1.29 is 0 Å². The molecule has 0 aromatic heterocycles. The number of nitrogens with zero attached hydrogens (tertiary/aromatic N) is 2. The summed E-state index contributed by atoms with van der Waals surface area (Å²) in [6, 6.07) is 0. The molecule has 0 amide bonds. The Bertz CT molecular complexity index is 329. The lowest BCUT2D eigenvalue weighted by molar-refractivity contribution is 0.160. The fourth-order valence-corrected chi connectivity index (χ4v) is 2.28. The lowest BCUT2D eigenvalue weighted by atomic mass is 10.1. The number of hydrogen-bond donors (Lipinski definition) is 1. The molecular formula is C16H30ClN3. The van der Waals surface area contributed by atoms with E-state index >= 15 is 0 Å². The summed E-state index contributed by atoms with van der Waals surface area (Å²) in [6.45, 7) is 19.7. The molecule has 3 nitrogen and oxygen atoms in total. The first-order valence-electron chi connectivity index (χ1n) is 7.45. The molecule has 1 saturated heterocycles. The van der Waals surface area contributed by atoms with Crippen molar-refractivity contribution in [1.82, 2.24) is 9.80 Å². The Morgan fingerprint density at radius 3 is 2.20 bits per heavy atom. The molecule has 1 aliphatic rings. The van der Waals surface area contributed by atoms with Gasteiger partial charge < -0.3 is 10.6 Å². The van der Waals surface area contributed by atoms with E-state index in [4.69, 9.17) is 17.3 Å². The van der Waals surface area contributed by atoms with Gasteiger partial charge in [0.1, 0.15) is 0 Å². The third kappa shape index (κ3) is 6.12. The number of rotatable bonds is 6. The molecule has 20 heavy (non-hydrogen) atoms. The molecule has 4 heteroatoms. The Kier molecular flexibility index (Phi) is 10.5. The van der Waals surface area contributed by atoms with Crippen molar-refractivity contribution >= 4 is 11.6 Å². The molecule has 0 unspecified atom stereocenters. The van der Waals surface area contributed by atoms with Crippen LogP contribution in [0, 0.1) is 0 Å². The van der Waals surface area contributed by atoms with Gasteiger partial charge in [-0.25, -0.2) is 0 Å². The molecule has 1 rings (SSSR count). The number of hydrogen-bond acceptors (Lipinski definition) is 3. The average molecular weight is 300 g/mol. The molecule has 0 aliphatic carbocycles. The van der Waals surface area contributed by atoms with Crippen LogP contribution in [0.2, 0.25) is 0 Å². The van der Waals surface area contributed by atoms with Crippen molar-refractivity contribution in [2.75, 3.05) is 39.3 Å². The molecule has 116 valence electrons. The van der Waals surface area contributed by atoms with E-state index in [2.05, 4.69) is 23.0 Å². The topological polar surface area (TPSA) is 32.5 Å². The standard InChI is InChI=1S/C14H24ClN3.C2H6/c1-4-14(12(2)13(3)15)18-10-8-17(9-11-18)7-5-6-16;1-2/h4H,1,3,5-11,16H2,2H3;1-2H3/b14-12+;. The quantitative estimate of drug-likeness (QED) is 0.765. The zero-order valence-corrected chi connectivity index (χ0v) is 14.0. The van der Waals surface area contributed by atoms with Crippen LogP contribution in [-0.2, 0) is 0 Å². The summed E-state index contributed by atoms with van der Waals surface area (Å²) in [4.78, 5) is 4.78. The zero-order chi connectivity index (χ0) is 15.5. The second kappa shape index (κ2) is 11.0. The normalized spacial score (nSPS) is 16.9. The first-order chi connectivity index (χ1) is 9.60. The number of halogens is 1. The molecule has 1 heterocycles. The van der Waals surface area contributed by atoms with Gasteiger partial charge in [-0.15, -0.1) is 0 Å². The van der Waals surface area contributed by atoms with Gasteiger partial charge in [-0.2, -0.15) is 0 Å². The van der Waals surface area contributed by atoms with Crippen LogP contribution in [0.5, 0.6) is 0 Å². The van der Waals surface area contributed by atoms with E-state index in [-0.39, 0.29) is 0 Å². The fourth-order valence-electron chi connectivity index (χ4n) is 2.19. The van der Waals surface area contributed by atoms with Gasteiger partial charge in [0.25, 0.3) is 0 Å². The maximum atomic E-state index is 5.97. The molecule has 0 saturated carbocycles. The minimum atomic E-state index is 0.593. The van der Waals surface area contributed by atoms with Crippen LogP contribution in [0.1, 0.15) is 27.2 Å². The molecule has 0 radical (unpaired) electrons. The molecule has 1 aliphatic heterocycles. The highest BCUT2D eigenvalue weighted by atomic mass is 35.5. The Morgan fingerprint density at radius 1 is 1.25 bits per heavy atom. The number of piperazine rings is 1. The lowest BCUT2D eigenvalue weighted by Gasteiger charge is -2.37. The van der Waals surface area contributed by atoms with E-state index in [1.54, 1.807) is 0 Å². The predicted molar refractivity (Wildman–Crippen MR) is 90.9 cm³/mol. The molecule has 0 aromatic carbocycles. The van der Waals surface area contributed by atoms with Crippen molar-refractivity contribution in [2.45, 2.75) is 27.2 Å². The number of allylic oxidation sites excluding steroid dienone is 3. The van der Waals surface area contributed by atoms with Crippen molar-refractivity contribution in [1.29, 1.82) is 0 Å². The lowest BCUT2D eigenvalue weighted by Crippen LogP contribution is -2.46. The summed E-state index contributed by atoms with van der Waals surface area (Å²) < 4.78 is 0. The zero-order valence-electron chi connectivity index (χ0n) is 13.3. The molecule has 0 spiro atoms. The van der Waals surface area contributed by atoms with Crippen LogP contribution in [0.4, 0.5) is 0 Å². The van der Waals surface area contributed by atoms with E-state index in [9.17, 15) is 0 Å². The third-order valence-electron chi connectivity index (χ3n) is 3.38. The van der Waals surface area contributed by atoms with E-state index in [1.165, 1.54) is 0 Å². The Balaban J connectivity index is 0.00000172. The third-order valence-corrected chi connectivity index (χ3v) is 3.66. The SMILES string of the molecule is C=C/C(=C(/C)C(=C)Cl)N1CCN(CCCN)CC1.CC. The van der Waals surface area contributed by atoms with E-state index in [0.717, 1.165) is 57.0 Å². The van der Waals surface area contributed by atoms with Crippen LogP contribution in [-0.4, -0.2) is 49.1 Å². The van der Waals surface area contributed by atoms with Gasteiger partial charge in [-0.3, -0.25) is 4.90 Å². The van der Waals surface area contributed by atoms with E-state index in [0.29, 0.717) is 5.03 Å². The molecule has 1 fully saturated rings. The molecule has 0 aromatic rings. The number of nitrogens with two attached hydrogens (primary N) is 1. The molecule has 2 N–H and O–H groups in total. The molecule has 0 bridgehead atoms. The fraction of sp³-hybridized carbons (Fsp3) is 0.625. The highest BCUT2D eigenvalue weighted by Gasteiger charge is 2.18. The van der Waals surface area contributed by atoms with Crippen LogP contribution in [0.25, 0.3) is 0 Å². The summed E-state index contributed by atoms with van der Waals surface area (Å²) in [5, 5.41) is 0.593. The van der Waals surface area contributed by atoms with Crippen LogP contribution in [0.3, 0.4) is 0 Å². The predicted octanol–water partition coefficient (Wildman–Crippen LogP) is 3.19. The van der Waals surface area contributed by atoms with Gasteiger partial charge in [0, 0.05) is 36.9 Å². The monoisotopic (exact) mass is 299 g/mol. The minimum absolute atomic E-state index is 0.593. The average Bonchev–Trinajstić information content (AvgIpc) is 2.49. The minimum Gasteiger partial charge on any atom is -0.369 e. The first-order valence-corrected chi connectivity index (χ1v) is 7.83. The Hall–Kier alpha value is -0.770. The van der Waals surface area contributed by atoms with Crippen molar-refractivity contribution in [3.63, 3.8) is 0 Å². The van der Waals surface area contributed by atoms with Crippen molar-refractivity contribution in [3.05, 3.63) is 35.5 Å². The Labute approximate surface area is 129 Å². The van der Waals surface area contributed by atoms with Gasteiger partial charge in [0.2, 0.25) is 0 Å². The summed E-state index contributed by atoms with van der Waals surface area (Å²) in [6.07, 6.45) is 2.94. The second-order valence-corrected chi connectivity index (χ2v) is 5.05. The second-order valence-electron chi connectivity index (χ2n) is 4.59. The summed E-state index contributed by atoms with van der Waals surface area (Å²) >= 11 is 5.97. The summed E-state index contributed by atoms with van der Waals surface area (Å²) in [5.41, 5.74) is 7.65. The summed E-state index contributed by atoms with van der Waals surface area (Å²) in [5.74, 6) is 0. The van der Waals surface area contributed by atoms with E-state index < -0.39 is 0 Å². The van der Waals surface area contributed by atoms with E-state index in [1.807, 2.05) is 26.8 Å². The maximum Gasteiger partial charge on any atom is 0.0405 e. The maximum absolute atomic E-state index is 5.97. The van der Waals surface area contributed by atoms with Gasteiger partial charge in [0.15, 0.2) is 0 Å². The summed E-state index contributed by atoms with van der Waals surface area (Å²) in [7, 11) is 0. The first kappa shape index (κ1) is 19.2. The van der Waals surface area contributed by atoms with Gasteiger partial charge in [-0.1, -0.05) is 38.6 Å². The van der Waals surface area contributed by atoms with Crippen LogP contribution >= 0.6 is 11.6 Å². The Morgan fingerprint density at radius 2 is 1.80 bits per heavy atom. The highest BCUT2D eigenvalue weighted by molar-refractivity contribution is 6.31. The van der Waals surface area contributed by atoms with Gasteiger partial charge in [-0.05, 0) is 38.1 Å². The van der Waals surface area contributed by atoms with Crippen LogP contribution in [0.15, 0.2) is 35.5 Å². The largest absolute Gasteiger partial charge is 0.369 e.